The number of unbranched alkanes of at least 4 members (excludes halogenated alkanes) is 3. The Balaban J connectivity index is 0.00000480. The zero-order chi connectivity index (χ0) is 21.6. The van der Waals surface area contributed by atoms with Crippen LogP contribution in [0.1, 0.15) is 46.4 Å². The molecule has 0 aromatic carbocycles. The van der Waals surface area contributed by atoms with Gasteiger partial charge in [-0.3, -0.25) is 9.59 Å². The van der Waals surface area contributed by atoms with Crippen molar-refractivity contribution >= 4 is 59.8 Å². The number of halogens is 2. The standard InChI is InChI=1S/C22H30N4O4.2HI/c27-15-9-23-21(29)19-7-5-13-25(17-19)11-3-1-2-4-12-26-14-6-8-20(18-26)22(30)24-10-16-28;;/h5-8,13-14,17-18,27-28H,1-4,9-12,15-16H2;2*1H/p+2. The molecule has 0 saturated carbocycles. The molecule has 0 fully saturated rings. The second-order valence-electron chi connectivity index (χ2n) is 7.03. The molecule has 10 heteroatoms. The lowest BCUT2D eigenvalue weighted by molar-refractivity contribution is -0.699. The Morgan fingerprint density at radius 2 is 1.12 bits per heavy atom. The van der Waals surface area contributed by atoms with E-state index in [1.54, 1.807) is 12.1 Å². The van der Waals surface area contributed by atoms with Crippen molar-refractivity contribution in [2.24, 2.45) is 0 Å². The van der Waals surface area contributed by atoms with Crippen molar-refractivity contribution in [1.29, 1.82) is 0 Å². The topological polar surface area (TPSA) is 106 Å². The highest BCUT2D eigenvalue weighted by Gasteiger charge is 2.11. The highest BCUT2D eigenvalue weighted by atomic mass is 127. The zero-order valence-electron chi connectivity index (χ0n) is 18.1. The van der Waals surface area contributed by atoms with Gasteiger partial charge in [0.05, 0.1) is 13.2 Å². The summed E-state index contributed by atoms with van der Waals surface area (Å²) < 4.78 is 4.02. The van der Waals surface area contributed by atoms with Crippen LogP contribution in [0.2, 0.25) is 0 Å². The largest absolute Gasteiger partial charge is 0.395 e. The molecule has 2 aromatic rings. The molecule has 4 N–H and O–H groups in total. The maximum Gasteiger partial charge on any atom is 0.257 e. The molecule has 0 bridgehead atoms. The Labute approximate surface area is 223 Å². The first kappa shape index (κ1) is 30.6. The number of nitrogens with one attached hydrogen (secondary N) is 2. The van der Waals surface area contributed by atoms with Gasteiger partial charge < -0.3 is 20.8 Å². The smallest absolute Gasteiger partial charge is 0.257 e. The van der Waals surface area contributed by atoms with Crippen LogP contribution in [0.4, 0.5) is 0 Å². The van der Waals surface area contributed by atoms with Crippen molar-refractivity contribution in [1.82, 2.24) is 10.6 Å². The van der Waals surface area contributed by atoms with Gasteiger partial charge in [-0.2, -0.15) is 0 Å². The number of carbonyl (C=O) groups excluding carboxylic acids is 2. The van der Waals surface area contributed by atoms with Gasteiger partial charge in [0.25, 0.3) is 11.8 Å². The number of pyridine rings is 2. The number of aromatic nitrogens is 2. The average molecular weight is 672 g/mol. The summed E-state index contributed by atoms with van der Waals surface area (Å²) in [5.74, 6) is -0.356. The number of aliphatic hydroxyl groups is 2. The highest BCUT2D eigenvalue weighted by Crippen LogP contribution is 2.02. The maximum atomic E-state index is 11.9. The minimum absolute atomic E-state index is 0. The maximum absolute atomic E-state index is 11.9. The quantitative estimate of drug-likeness (QED) is 0.146. The van der Waals surface area contributed by atoms with E-state index in [0.29, 0.717) is 11.1 Å². The van der Waals surface area contributed by atoms with Gasteiger partial charge in [0.1, 0.15) is 24.2 Å². The third-order valence-electron chi connectivity index (χ3n) is 4.62. The van der Waals surface area contributed by atoms with Gasteiger partial charge in [-0.1, -0.05) is 0 Å². The molecule has 0 aliphatic carbocycles. The average Bonchev–Trinajstić information content (AvgIpc) is 2.78. The number of carbonyl (C=O) groups is 2. The van der Waals surface area contributed by atoms with E-state index in [4.69, 9.17) is 10.2 Å². The van der Waals surface area contributed by atoms with E-state index in [0.717, 1.165) is 38.8 Å². The highest BCUT2D eigenvalue weighted by molar-refractivity contribution is 14.0. The van der Waals surface area contributed by atoms with Crippen molar-refractivity contribution in [2.75, 3.05) is 26.3 Å². The number of hydrogen-bond donors (Lipinski definition) is 4. The van der Waals surface area contributed by atoms with Crippen molar-refractivity contribution < 1.29 is 28.9 Å². The summed E-state index contributed by atoms with van der Waals surface area (Å²) in [7, 11) is 0. The molecular formula is C22H34I2N4O4+2. The Kier molecular flexibility index (Phi) is 17.3. The van der Waals surface area contributed by atoms with Crippen LogP contribution in [0, 0.1) is 0 Å². The van der Waals surface area contributed by atoms with Crippen LogP contribution in [0.5, 0.6) is 0 Å². The fourth-order valence-electron chi connectivity index (χ4n) is 3.08. The van der Waals surface area contributed by atoms with Gasteiger partial charge in [0.2, 0.25) is 0 Å². The molecule has 2 amide bonds. The molecule has 32 heavy (non-hydrogen) atoms. The lowest BCUT2D eigenvalue weighted by Crippen LogP contribution is -2.36. The molecule has 178 valence electrons. The monoisotopic (exact) mass is 672 g/mol. The molecule has 2 heterocycles. The molecule has 8 nitrogen and oxygen atoms in total. The van der Waals surface area contributed by atoms with E-state index in [9.17, 15) is 9.59 Å². The summed E-state index contributed by atoms with van der Waals surface area (Å²) in [5.41, 5.74) is 1.18. The number of rotatable bonds is 13. The fraction of sp³-hybridized carbons (Fsp3) is 0.455. The Bertz CT molecular complexity index is 757. The van der Waals surface area contributed by atoms with Crippen LogP contribution in [0.3, 0.4) is 0 Å². The first-order chi connectivity index (χ1) is 14.6. The van der Waals surface area contributed by atoms with Crippen molar-refractivity contribution in [3.05, 3.63) is 60.2 Å². The van der Waals surface area contributed by atoms with Gasteiger partial charge >= 0.3 is 0 Å². The summed E-state index contributed by atoms with van der Waals surface area (Å²) in [6.45, 7) is 2.05. The summed E-state index contributed by atoms with van der Waals surface area (Å²) in [6.07, 6.45) is 11.7. The number of nitrogens with zero attached hydrogens (tertiary/aromatic N) is 2. The number of amides is 2. The molecule has 0 radical (unpaired) electrons. The van der Waals surface area contributed by atoms with Crippen LogP contribution in [0.25, 0.3) is 0 Å². The predicted octanol–water partition coefficient (Wildman–Crippen LogP) is 1.20. The lowest BCUT2D eigenvalue weighted by atomic mass is 10.2. The van der Waals surface area contributed by atoms with Crippen molar-refractivity contribution in [2.45, 2.75) is 38.8 Å². The van der Waals surface area contributed by atoms with Crippen molar-refractivity contribution in [3.63, 3.8) is 0 Å². The normalized spacial score (nSPS) is 9.94. The SMILES string of the molecule is I.I.O=C(NCCO)c1ccc[n+](CCCCCC[n+]2cccc(C(=O)NCCO)c2)c1. The fourth-order valence-corrected chi connectivity index (χ4v) is 3.08. The van der Waals surface area contributed by atoms with E-state index in [-0.39, 0.29) is 86.1 Å². The number of aliphatic hydroxyl groups excluding tert-OH is 2. The van der Waals surface area contributed by atoms with E-state index >= 15 is 0 Å². The van der Waals surface area contributed by atoms with Gasteiger partial charge in [-0.15, -0.1) is 48.0 Å². The first-order valence-corrected chi connectivity index (χ1v) is 10.4. The van der Waals surface area contributed by atoms with Gasteiger partial charge in [-0.25, -0.2) is 9.13 Å². The molecule has 2 rings (SSSR count). The van der Waals surface area contributed by atoms with Crippen LogP contribution in [-0.4, -0.2) is 48.3 Å². The third-order valence-corrected chi connectivity index (χ3v) is 4.62. The second kappa shape index (κ2) is 18.1. The third kappa shape index (κ3) is 11.5. The van der Waals surface area contributed by atoms with E-state index in [1.807, 2.05) is 46.1 Å². The van der Waals surface area contributed by atoms with Crippen molar-refractivity contribution in [3.8, 4) is 0 Å². The summed E-state index contributed by atoms with van der Waals surface area (Å²) in [4.78, 5) is 23.9. The van der Waals surface area contributed by atoms with Gasteiger partial charge in [-0.05, 0) is 25.0 Å². The molecule has 0 aliphatic rings. The van der Waals surface area contributed by atoms with E-state index < -0.39 is 0 Å². The number of hydrogen-bond acceptors (Lipinski definition) is 4. The molecule has 2 aromatic heterocycles. The molecule has 0 spiro atoms. The minimum Gasteiger partial charge on any atom is -0.395 e. The molecule has 0 unspecified atom stereocenters. The lowest BCUT2D eigenvalue weighted by Gasteiger charge is -2.03. The predicted molar refractivity (Wildman–Crippen MR) is 141 cm³/mol. The van der Waals surface area contributed by atoms with Crippen LogP contribution in [0.15, 0.2) is 49.1 Å². The summed E-state index contributed by atoms with van der Waals surface area (Å²) in [6, 6.07) is 7.24. The zero-order valence-corrected chi connectivity index (χ0v) is 22.8. The molecule has 0 atom stereocenters. The Hall–Kier alpha value is -1.38. The van der Waals surface area contributed by atoms with Crippen LogP contribution < -0.4 is 19.8 Å². The van der Waals surface area contributed by atoms with Crippen LogP contribution >= 0.6 is 48.0 Å². The molecular weight excluding hydrogens is 638 g/mol. The summed E-state index contributed by atoms with van der Waals surface area (Å²) in [5, 5.41) is 22.9. The Morgan fingerprint density at radius 3 is 1.50 bits per heavy atom. The minimum atomic E-state index is -0.178. The van der Waals surface area contributed by atoms with Crippen LogP contribution in [-0.2, 0) is 13.1 Å². The molecule has 0 saturated heterocycles. The van der Waals surface area contributed by atoms with Gasteiger partial charge in [0.15, 0.2) is 24.8 Å². The summed E-state index contributed by atoms with van der Waals surface area (Å²) >= 11 is 0. The van der Waals surface area contributed by atoms with E-state index in [2.05, 4.69) is 10.6 Å². The Morgan fingerprint density at radius 1 is 0.719 bits per heavy atom. The number of aryl methyl sites for hydroxylation is 2. The first-order valence-electron chi connectivity index (χ1n) is 10.4. The second-order valence-corrected chi connectivity index (χ2v) is 7.03. The van der Waals surface area contributed by atoms with Gasteiger partial charge in [0, 0.05) is 38.1 Å². The molecule has 0 aliphatic heterocycles. The van der Waals surface area contributed by atoms with E-state index in [1.165, 1.54) is 0 Å².